The molecule has 2 rings (SSSR count). The summed E-state index contributed by atoms with van der Waals surface area (Å²) in [4.78, 5) is 0. The molecule has 0 atom stereocenters. The van der Waals surface area contributed by atoms with Crippen LogP contribution in [-0.4, -0.2) is 0 Å². The van der Waals surface area contributed by atoms with E-state index in [1.165, 1.54) is 59.2 Å². The van der Waals surface area contributed by atoms with Crippen molar-refractivity contribution in [2.75, 3.05) is 0 Å². The van der Waals surface area contributed by atoms with Crippen LogP contribution in [0.25, 0.3) is 0 Å². The third-order valence-corrected chi connectivity index (χ3v) is 5.62. The average molecular weight is 572 g/mol. The number of rotatable bonds is 0. The molecule has 0 heterocycles. The van der Waals surface area contributed by atoms with Crippen molar-refractivity contribution in [2.24, 2.45) is 0 Å². The van der Waals surface area contributed by atoms with Gasteiger partial charge in [0.2, 0.25) is 0 Å². The standard InChI is InChI=1S/2C10H15.2HI.Ti/c2*1-6-7(2)9(4)10(5)8(6)3;;;/h2*1-5H3;2*1H;/q;;;;+2/p-2. The van der Waals surface area contributed by atoms with Crippen LogP contribution in [0.2, 0.25) is 0 Å². The third-order valence-electron chi connectivity index (χ3n) is 5.62. The van der Waals surface area contributed by atoms with Crippen molar-refractivity contribution >= 4 is 38.4 Å². The molecule has 2 saturated carbocycles. The van der Waals surface area contributed by atoms with E-state index in [1.807, 2.05) is 0 Å². The molecule has 0 aromatic rings. The van der Waals surface area contributed by atoms with Crippen LogP contribution in [0.4, 0.5) is 0 Å². The Balaban J connectivity index is 0.000000360. The summed E-state index contributed by atoms with van der Waals surface area (Å²) in [6.45, 7) is 22.0. The molecule has 0 unspecified atom stereocenters. The van der Waals surface area contributed by atoms with Gasteiger partial charge in [0, 0.05) is 0 Å². The van der Waals surface area contributed by atoms with Crippen molar-refractivity contribution in [1.29, 1.82) is 0 Å². The van der Waals surface area contributed by atoms with Gasteiger partial charge in [-0.15, -0.1) is 0 Å². The fourth-order valence-corrected chi connectivity index (χ4v) is 2.81. The molecule has 0 bridgehead atoms. The van der Waals surface area contributed by atoms with Gasteiger partial charge in [0.1, 0.15) is 0 Å². The summed E-state index contributed by atoms with van der Waals surface area (Å²) >= 11 is 5.24. The second-order valence-corrected chi connectivity index (χ2v) is 19.5. The van der Waals surface area contributed by atoms with Crippen LogP contribution in [0.1, 0.15) is 69.2 Å². The molecule has 10 radical (unpaired) electrons. The van der Waals surface area contributed by atoms with Gasteiger partial charge in [-0.1, -0.05) is 69.2 Å². The minimum atomic E-state index is 0.440. The first kappa shape index (κ1) is 25.2. The molecule has 0 aliphatic heterocycles. The molecule has 3 heteroatoms. The molecule has 2 aliphatic carbocycles. The van der Waals surface area contributed by atoms with E-state index < -0.39 is 0 Å². The Kier molecular flexibility index (Phi) is 12.9. The monoisotopic (exact) mass is 572 g/mol. The van der Waals surface area contributed by atoms with Crippen LogP contribution in [0, 0.1) is 59.2 Å². The van der Waals surface area contributed by atoms with Gasteiger partial charge < -0.3 is 0 Å². The molecule has 0 nitrogen and oxygen atoms in total. The Labute approximate surface area is 176 Å². The summed E-state index contributed by atoms with van der Waals surface area (Å²) in [5, 5.41) is 0. The second-order valence-electron chi connectivity index (χ2n) is 6.32. The van der Waals surface area contributed by atoms with E-state index in [4.69, 9.17) is 0 Å². The first-order valence-corrected chi connectivity index (χ1v) is 18.0. The number of hydrogen-bond donors (Lipinski definition) is 0. The predicted molar refractivity (Wildman–Crippen MR) is 117 cm³/mol. The van der Waals surface area contributed by atoms with E-state index in [1.54, 1.807) is 0 Å². The Hall–Kier alpha value is 2.17. The number of halogens is 2. The summed E-state index contributed by atoms with van der Waals surface area (Å²) in [7, 11) is 0. The quantitative estimate of drug-likeness (QED) is 0.206. The maximum atomic E-state index is 2.40. The maximum absolute atomic E-state index is 2.40. The summed E-state index contributed by atoms with van der Waals surface area (Å²) < 4.78 is 0. The Morgan fingerprint density at radius 1 is 0.348 bits per heavy atom. The van der Waals surface area contributed by atoms with Crippen LogP contribution in [-0.2, 0) is 11.7 Å². The van der Waals surface area contributed by atoms with Crippen LogP contribution in [0.5, 0.6) is 0 Å². The molecule has 2 aliphatic rings. The molecule has 0 amide bonds. The van der Waals surface area contributed by atoms with Crippen molar-refractivity contribution in [2.45, 2.75) is 69.2 Å². The molecule has 0 saturated heterocycles. The van der Waals surface area contributed by atoms with Gasteiger partial charge in [-0.25, -0.2) is 0 Å². The van der Waals surface area contributed by atoms with Crippen molar-refractivity contribution < 1.29 is 11.7 Å². The minimum absolute atomic E-state index is 0.440. The zero-order chi connectivity index (χ0) is 18.5. The summed E-state index contributed by atoms with van der Waals surface area (Å²) in [6, 6.07) is 0. The van der Waals surface area contributed by atoms with Gasteiger partial charge in [-0.3, -0.25) is 0 Å². The van der Waals surface area contributed by atoms with Crippen LogP contribution < -0.4 is 0 Å². The molecule has 23 heavy (non-hydrogen) atoms. The van der Waals surface area contributed by atoms with Crippen LogP contribution in [0.3, 0.4) is 0 Å². The SMILES string of the molecule is C[C]1[C](C)[C](C)[C](C)[C]1C.C[C]1[C](C)[C](C)[C](C)[C]1C.[I][Ti][I]. The molecule has 0 spiro atoms. The normalized spacial score (nSPS) is 25.4. The van der Waals surface area contributed by atoms with Crippen LogP contribution >= 0.6 is 38.4 Å². The van der Waals surface area contributed by atoms with Crippen LogP contribution in [0.15, 0.2) is 0 Å². The van der Waals surface area contributed by atoms with Gasteiger partial charge in [0.05, 0.1) is 0 Å². The van der Waals surface area contributed by atoms with Crippen molar-refractivity contribution in [3.05, 3.63) is 59.2 Å². The summed E-state index contributed by atoms with van der Waals surface area (Å²) in [6.07, 6.45) is 0. The molecular formula is C20H30I2Ti. The summed E-state index contributed by atoms with van der Waals surface area (Å²) in [5.41, 5.74) is 0. The first-order chi connectivity index (χ1) is 10.5. The Morgan fingerprint density at radius 2 is 0.391 bits per heavy atom. The molecular weight excluding hydrogens is 542 g/mol. The fourth-order valence-electron chi connectivity index (χ4n) is 2.81. The van der Waals surface area contributed by atoms with E-state index in [2.05, 4.69) is 108 Å². The van der Waals surface area contributed by atoms with Crippen molar-refractivity contribution in [3.63, 3.8) is 0 Å². The number of hydrogen-bond acceptors (Lipinski definition) is 0. The molecule has 0 aromatic carbocycles. The third kappa shape index (κ3) is 6.68. The van der Waals surface area contributed by atoms with E-state index in [0.29, 0.717) is 11.7 Å². The zero-order valence-electron chi connectivity index (χ0n) is 16.3. The average Bonchev–Trinajstić information content (AvgIpc) is 2.80. The van der Waals surface area contributed by atoms with Gasteiger partial charge in [0.15, 0.2) is 0 Å². The molecule has 0 N–H and O–H groups in total. The van der Waals surface area contributed by atoms with E-state index in [-0.39, 0.29) is 0 Å². The topological polar surface area (TPSA) is 0 Å². The van der Waals surface area contributed by atoms with Gasteiger partial charge >= 0.3 is 50.0 Å². The van der Waals surface area contributed by atoms with Crippen molar-refractivity contribution in [1.82, 2.24) is 0 Å². The van der Waals surface area contributed by atoms with Gasteiger partial charge in [-0.2, -0.15) is 0 Å². The van der Waals surface area contributed by atoms with E-state index >= 15 is 0 Å². The first-order valence-electron chi connectivity index (χ1n) is 7.88. The fraction of sp³-hybridized carbons (Fsp3) is 0.500. The van der Waals surface area contributed by atoms with E-state index in [0.717, 1.165) is 0 Å². The van der Waals surface area contributed by atoms with E-state index in [9.17, 15) is 0 Å². The predicted octanol–water partition coefficient (Wildman–Crippen LogP) is 7.71. The zero-order valence-corrected chi connectivity index (χ0v) is 22.1. The molecule has 2 fully saturated rings. The molecule has 0 aromatic heterocycles. The Morgan fingerprint density at radius 3 is 0.435 bits per heavy atom. The Bertz CT molecular complexity index is 203. The molecule has 128 valence electrons. The van der Waals surface area contributed by atoms with Crippen molar-refractivity contribution in [3.8, 4) is 0 Å². The summed E-state index contributed by atoms with van der Waals surface area (Å²) in [5.74, 6) is 14.7. The van der Waals surface area contributed by atoms with Gasteiger partial charge in [0.25, 0.3) is 0 Å². The second kappa shape index (κ2) is 11.8. The van der Waals surface area contributed by atoms with Gasteiger partial charge in [-0.05, 0) is 59.2 Å².